The SMILES string of the molecule is CCNCc1ccncc1N(CCC(C)C)C1CC1. The van der Waals surface area contributed by atoms with Crippen molar-refractivity contribution in [1.29, 1.82) is 0 Å². The van der Waals surface area contributed by atoms with Crippen molar-refractivity contribution >= 4 is 5.69 Å². The summed E-state index contributed by atoms with van der Waals surface area (Å²) in [6, 6.07) is 2.91. The Kier molecular flexibility index (Phi) is 5.20. The molecule has 1 N–H and O–H groups in total. The minimum absolute atomic E-state index is 0.753. The Morgan fingerprint density at radius 2 is 2.21 bits per heavy atom. The average molecular weight is 261 g/mol. The molecular weight excluding hydrogens is 234 g/mol. The van der Waals surface area contributed by atoms with Crippen molar-refractivity contribution in [2.24, 2.45) is 5.92 Å². The summed E-state index contributed by atoms with van der Waals surface area (Å²) in [6.45, 7) is 9.86. The number of pyridine rings is 1. The number of hydrogen-bond donors (Lipinski definition) is 1. The van der Waals surface area contributed by atoms with Gasteiger partial charge in [-0.3, -0.25) is 4.98 Å². The van der Waals surface area contributed by atoms with Gasteiger partial charge in [0.2, 0.25) is 0 Å². The monoisotopic (exact) mass is 261 g/mol. The van der Waals surface area contributed by atoms with E-state index in [1.807, 2.05) is 12.4 Å². The number of aromatic nitrogens is 1. The van der Waals surface area contributed by atoms with Crippen molar-refractivity contribution < 1.29 is 0 Å². The highest BCUT2D eigenvalue weighted by atomic mass is 15.2. The molecular formula is C16H27N3. The third-order valence-electron chi connectivity index (χ3n) is 3.70. The van der Waals surface area contributed by atoms with Crippen molar-refractivity contribution in [1.82, 2.24) is 10.3 Å². The van der Waals surface area contributed by atoms with Crippen LogP contribution in [0.2, 0.25) is 0 Å². The maximum Gasteiger partial charge on any atom is 0.0600 e. The van der Waals surface area contributed by atoms with Gasteiger partial charge in [-0.2, -0.15) is 0 Å². The van der Waals surface area contributed by atoms with Crippen molar-refractivity contribution in [2.45, 2.75) is 52.6 Å². The summed E-state index contributed by atoms with van der Waals surface area (Å²) >= 11 is 0. The molecule has 0 radical (unpaired) electrons. The molecule has 1 aromatic rings. The molecule has 1 aliphatic carbocycles. The van der Waals surface area contributed by atoms with Gasteiger partial charge in [-0.1, -0.05) is 20.8 Å². The lowest BCUT2D eigenvalue weighted by molar-refractivity contribution is 0.569. The smallest absolute Gasteiger partial charge is 0.0600 e. The van der Waals surface area contributed by atoms with Gasteiger partial charge in [-0.15, -0.1) is 0 Å². The van der Waals surface area contributed by atoms with Gasteiger partial charge in [0.15, 0.2) is 0 Å². The predicted molar refractivity (Wildman–Crippen MR) is 81.4 cm³/mol. The summed E-state index contributed by atoms with van der Waals surface area (Å²) in [5.41, 5.74) is 2.72. The third-order valence-corrected chi connectivity index (χ3v) is 3.70. The molecule has 1 fully saturated rings. The first-order valence-corrected chi connectivity index (χ1v) is 7.62. The van der Waals surface area contributed by atoms with E-state index in [4.69, 9.17) is 0 Å². The number of nitrogens with one attached hydrogen (secondary N) is 1. The fraction of sp³-hybridized carbons (Fsp3) is 0.688. The molecule has 0 spiro atoms. The number of anilines is 1. The molecule has 1 saturated carbocycles. The molecule has 1 heterocycles. The van der Waals surface area contributed by atoms with Crippen molar-refractivity contribution in [3.05, 3.63) is 24.0 Å². The third kappa shape index (κ3) is 4.20. The average Bonchev–Trinajstić information content (AvgIpc) is 3.22. The molecule has 1 aromatic heterocycles. The summed E-state index contributed by atoms with van der Waals surface area (Å²) in [7, 11) is 0. The van der Waals surface area contributed by atoms with E-state index in [2.05, 4.69) is 42.0 Å². The molecule has 0 bridgehead atoms. The molecule has 2 rings (SSSR count). The first-order chi connectivity index (χ1) is 9.22. The summed E-state index contributed by atoms with van der Waals surface area (Å²) in [6.07, 6.45) is 7.89. The Morgan fingerprint density at radius 3 is 2.84 bits per heavy atom. The van der Waals surface area contributed by atoms with Crippen LogP contribution in [0.4, 0.5) is 5.69 Å². The molecule has 0 aromatic carbocycles. The van der Waals surface area contributed by atoms with E-state index >= 15 is 0 Å². The van der Waals surface area contributed by atoms with E-state index in [0.717, 1.165) is 31.6 Å². The molecule has 0 aliphatic heterocycles. The minimum atomic E-state index is 0.753. The fourth-order valence-electron chi connectivity index (χ4n) is 2.37. The zero-order chi connectivity index (χ0) is 13.7. The highest BCUT2D eigenvalue weighted by Crippen LogP contribution is 2.33. The summed E-state index contributed by atoms with van der Waals surface area (Å²) in [5.74, 6) is 0.759. The van der Waals surface area contributed by atoms with E-state index in [1.54, 1.807) is 0 Å². The Bertz CT molecular complexity index is 385. The Hall–Kier alpha value is -1.09. The van der Waals surface area contributed by atoms with Gasteiger partial charge in [-0.05, 0) is 43.4 Å². The van der Waals surface area contributed by atoms with Crippen LogP contribution < -0.4 is 10.2 Å². The zero-order valence-corrected chi connectivity index (χ0v) is 12.5. The molecule has 19 heavy (non-hydrogen) atoms. The second-order valence-corrected chi connectivity index (χ2v) is 5.89. The zero-order valence-electron chi connectivity index (χ0n) is 12.5. The minimum Gasteiger partial charge on any atom is -0.367 e. The van der Waals surface area contributed by atoms with Gasteiger partial charge in [0.05, 0.1) is 11.9 Å². The van der Waals surface area contributed by atoms with Crippen molar-refractivity contribution in [3.63, 3.8) is 0 Å². The van der Waals surface area contributed by atoms with Crippen LogP contribution in [0.25, 0.3) is 0 Å². The maximum atomic E-state index is 4.34. The van der Waals surface area contributed by atoms with Crippen LogP contribution in [0.15, 0.2) is 18.5 Å². The highest BCUT2D eigenvalue weighted by Gasteiger charge is 2.30. The van der Waals surface area contributed by atoms with Gasteiger partial charge < -0.3 is 10.2 Å². The van der Waals surface area contributed by atoms with Crippen LogP contribution in [-0.2, 0) is 6.54 Å². The van der Waals surface area contributed by atoms with E-state index in [9.17, 15) is 0 Å². The Morgan fingerprint density at radius 1 is 1.42 bits per heavy atom. The molecule has 3 nitrogen and oxygen atoms in total. The Labute approximate surface area is 117 Å². The lowest BCUT2D eigenvalue weighted by Gasteiger charge is -2.27. The lowest BCUT2D eigenvalue weighted by atomic mass is 10.1. The molecule has 0 atom stereocenters. The number of hydrogen-bond acceptors (Lipinski definition) is 3. The van der Waals surface area contributed by atoms with Gasteiger partial charge in [0.25, 0.3) is 0 Å². The van der Waals surface area contributed by atoms with Gasteiger partial charge in [-0.25, -0.2) is 0 Å². The summed E-state index contributed by atoms with van der Waals surface area (Å²) in [4.78, 5) is 6.93. The quantitative estimate of drug-likeness (QED) is 0.779. The van der Waals surface area contributed by atoms with Crippen LogP contribution in [0.5, 0.6) is 0 Å². The van der Waals surface area contributed by atoms with E-state index in [1.165, 1.54) is 30.5 Å². The van der Waals surface area contributed by atoms with Crippen LogP contribution in [0, 0.1) is 5.92 Å². The topological polar surface area (TPSA) is 28.2 Å². The van der Waals surface area contributed by atoms with E-state index < -0.39 is 0 Å². The van der Waals surface area contributed by atoms with Gasteiger partial charge in [0, 0.05) is 25.3 Å². The highest BCUT2D eigenvalue weighted by molar-refractivity contribution is 5.53. The molecule has 0 unspecified atom stereocenters. The molecule has 0 amide bonds. The van der Waals surface area contributed by atoms with Crippen molar-refractivity contribution in [2.75, 3.05) is 18.0 Å². The first kappa shape index (κ1) is 14.3. The van der Waals surface area contributed by atoms with E-state index in [-0.39, 0.29) is 0 Å². The first-order valence-electron chi connectivity index (χ1n) is 7.62. The predicted octanol–water partition coefficient (Wildman–Crippen LogP) is 3.21. The molecule has 3 heteroatoms. The second-order valence-electron chi connectivity index (χ2n) is 5.89. The normalized spacial score (nSPS) is 14.9. The largest absolute Gasteiger partial charge is 0.367 e. The van der Waals surface area contributed by atoms with Crippen molar-refractivity contribution in [3.8, 4) is 0 Å². The molecule has 1 aliphatic rings. The lowest BCUT2D eigenvalue weighted by Crippen LogP contribution is -2.29. The number of rotatable bonds is 8. The molecule has 106 valence electrons. The van der Waals surface area contributed by atoms with E-state index in [0.29, 0.717) is 0 Å². The maximum absolute atomic E-state index is 4.34. The van der Waals surface area contributed by atoms with Crippen LogP contribution >= 0.6 is 0 Å². The summed E-state index contributed by atoms with van der Waals surface area (Å²) in [5, 5.41) is 3.43. The molecule has 0 saturated heterocycles. The van der Waals surface area contributed by atoms with Gasteiger partial charge >= 0.3 is 0 Å². The van der Waals surface area contributed by atoms with Gasteiger partial charge in [0.1, 0.15) is 0 Å². The summed E-state index contributed by atoms with van der Waals surface area (Å²) < 4.78 is 0. The number of nitrogens with zero attached hydrogens (tertiary/aromatic N) is 2. The fourth-order valence-corrected chi connectivity index (χ4v) is 2.37. The van der Waals surface area contributed by atoms with Crippen LogP contribution in [-0.4, -0.2) is 24.1 Å². The Balaban J connectivity index is 2.11. The van der Waals surface area contributed by atoms with Crippen LogP contribution in [0.1, 0.15) is 45.6 Å². The van der Waals surface area contributed by atoms with Crippen LogP contribution in [0.3, 0.4) is 0 Å². The standard InChI is InChI=1S/C16H27N3/c1-4-17-11-14-7-9-18-12-16(14)19(15-5-6-15)10-8-13(2)3/h7,9,12-13,15,17H,4-6,8,10-11H2,1-3H3. The second kappa shape index (κ2) is 6.90.